The van der Waals surface area contributed by atoms with Gasteiger partial charge in [0.05, 0.1) is 24.3 Å². The fraction of sp³-hybridized carbons (Fsp3) is 0.235. The average Bonchev–Trinajstić information content (AvgIpc) is 2.56. The Kier molecular flexibility index (Phi) is 6.32. The number of nitrogens with one attached hydrogen (secondary N) is 1. The van der Waals surface area contributed by atoms with Crippen molar-refractivity contribution in [1.29, 1.82) is 0 Å². The Bertz CT molecular complexity index is 782. The highest BCUT2D eigenvalue weighted by Gasteiger charge is 2.15. The first-order valence-corrected chi connectivity index (χ1v) is 7.82. The van der Waals surface area contributed by atoms with Crippen molar-refractivity contribution in [1.82, 2.24) is 4.90 Å². The van der Waals surface area contributed by atoms with Crippen LogP contribution in [0.25, 0.3) is 0 Å². The molecule has 0 atom stereocenters. The van der Waals surface area contributed by atoms with Crippen molar-refractivity contribution in [3.8, 4) is 5.75 Å². The quantitative estimate of drug-likeness (QED) is 0.602. The highest BCUT2D eigenvalue weighted by Crippen LogP contribution is 2.28. The van der Waals surface area contributed by atoms with E-state index in [-0.39, 0.29) is 23.8 Å². The lowest BCUT2D eigenvalue weighted by Crippen LogP contribution is -2.30. The molecule has 0 heterocycles. The Morgan fingerprint density at radius 1 is 1.32 bits per heavy atom. The van der Waals surface area contributed by atoms with Crippen LogP contribution in [-0.4, -0.2) is 36.4 Å². The second kappa shape index (κ2) is 8.46. The van der Waals surface area contributed by atoms with Crippen LogP contribution < -0.4 is 10.1 Å². The number of nitro groups is 1. The number of hydrogen-bond donors (Lipinski definition) is 1. The van der Waals surface area contributed by atoms with Gasteiger partial charge in [-0.3, -0.25) is 19.8 Å². The molecule has 0 unspecified atom stereocenters. The number of nitrogens with zero attached hydrogens (tertiary/aromatic N) is 2. The molecule has 0 fully saturated rings. The second-order valence-electron chi connectivity index (χ2n) is 5.45. The van der Waals surface area contributed by atoms with Crippen LogP contribution in [0.5, 0.6) is 5.75 Å². The summed E-state index contributed by atoms with van der Waals surface area (Å²) < 4.78 is 5.13. The van der Waals surface area contributed by atoms with Crippen molar-refractivity contribution < 1.29 is 14.5 Å². The number of nitro benzene ring substituents is 1. The molecule has 8 heteroatoms. The van der Waals surface area contributed by atoms with Gasteiger partial charge < -0.3 is 10.1 Å². The number of rotatable bonds is 7. The van der Waals surface area contributed by atoms with Gasteiger partial charge in [-0.1, -0.05) is 29.8 Å². The smallest absolute Gasteiger partial charge is 0.271 e. The molecule has 0 saturated heterocycles. The van der Waals surface area contributed by atoms with Gasteiger partial charge in [0.1, 0.15) is 5.75 Å². The molecule has 7 nitrogen and oxygen atoms in total. The standard InChI is InChI=1S/C17H18ClN3O4/c1-20(10-12-5-3-4-6-14(12)18)11-17(22)19-15-9-13(21(23)24)7-8-16(15)25-2/h3-9H,10-11H2,1-2H3,(H,19,22). The lowest BCUT2D eigenvalue weighted by Gasteiger charge is -2.17. The summed E-state index contributed by atoms with van der Waals surface area (Å²) in [5, 5.41) is 14.2. The zero-order valence-electron chi connectivity index (χ0n) is 13.9. The highest BCUT2D eigenvalue weighted by atomic mass is 35.5. The minimum atomic E-state index is -0.529. The van der Waals surface area contributed by atoms with Gasteiger partial charge in [-0.2, -0.15) is 0 Å². The van der Waals surface area contributed by atoms with E-state index in [1.54, 1.807) is 18.0 Å². The third kappa shape index (κ3) is 5.17. The summed E-state index contributed by atoms with van der Waals surface area (Å²) in [6, 6.07) is 11.4. The van der Waals surface area contributed by atoms with Gasteiger partial charge in [0.2, 0.25) is 5.91 Å². The molecule has 0 aliphatic heterocycles. The Hall–Kier alpha value is -2.64. The molecule has 0 radical (unpaired) electrons. The molecule has 0 spiro atoms. The van der Waals surface area contributed by atoms with Gasteiger partial charge >= 0.3 is 0 Å². The largest absolute Gasteiger partial charge is 0.495 e. The molecule has 132 valence electrons. The minimum absolute atomic E-state index is 0.0943. The molecule has 1 N–H and O–H groups in total. The first-order valence-electron chi connectivity index (χ1n) is 7.45. The number of non-ortho nitro benzene ring substituents is 1. The molecule has 0 bridgehead atoms. The number of carbonyl (C=O) groups is 1. The van der Waals surface area contributed by atoms with Crippen LogP contribution in [-0.2, 0) is 11.3 Å². The second-order valence-corrected chi connectivity index (χ2v) is 5.86. The lowest BCUT2D eigenvalue weighted by atomic mass is 10.2. The third-order valence-corrected chi connectivity index (χ3v) is 3.85. The number of anilines is 1. The van der Waals surface area contributed by atoms with E-state index in [2.05, 4.69) is 5.32 Å². The molecule has 0 aromatic heterocycles. The molecule has 2 rings (SSSR count). The van der Waals surface area contributed by atoms with Crippen molar-refractivity contribution in [2.45, 2.75) is 6.54 Å². The summed E-state index contributed by atoms with van der Waals surface area (Å²) in [4.78, 5) is 24.4. The molecule has 25 heavy (non-hydrogen) atoms. The summed E-state index contributed by atoms with van der Waals surface area (Å²) in [6.07, 6.45) is 0. The number of halogens is 1. The first kappa shape index (κ1) is 18.7. The topological polar surface area (TPSA) is 84.7 Å². The monoisotopic (exact) mass is 363 g/mol. The molecular weight excluding hydrogens is 346 g/mol. The number of likely N-dealkylation sites (N-methyl/N-ethyl adjacent to an activating group) is 1. The van der Waals surface area contributed by atoms with Gasteiger partial charge in [-0.15, -0.1) is 0 Å². The zero-order chi connectivity index (χ0) is 18.4. The summed E-state index contributed by atoms with van der Waals surface area (Å²) in [7, 11) is 3.22. The van der Waals surface area contributed by atoms with E-state index in [4.69, 9.17) is 16.3 Å². The maximum absolute atomic E-state index is 12.2. The molecule has 0 aliphatic carbocycles. The van der Waals surface area contributed by atoms with Gasteiger partial charge in [0, 0.05) is 23.7 Å². The highest BCUT2D eigenvalue weighted by molar-refractivity contribution is 6.31. The van der Waals surface area contributed by atoms with Gasteiger partial charge in [0.25, 0.3) is 5.69 Å². The van der Waals surface area contributed by atoms with Crippen molar-refractivity contribution in [2.75, 3.05) is 26.0 Å². The number of carbonyl (C=O) groups excluding carboxylic acids is 1. The lowest BCUT2D eigenvalue weighted by molar-refractivity contribution is -0.384. The van der Waals surface area contributed by atoms with Crippen molar-refractivity contribution in [3.63, 3.8) is 0 Å². The summed E-state index contributed by atoms with van der Waals surface area (Å²) in [5.74, 6) is 0.0426. The Balaban J connectivity index is 2.03. The molecule has 2 aromatic carbocycles. The Labute approximate surface area is 150 Å². The minimum Gasteiger partial charge on any atom is -0.495 e. The van der Waals surface area contributed by atoms with Crippen LogP contribution in [0.2, 0.25) is 5.02 Å². The van der Waals surface area contributed by atoms with E-state index in [1.807, 2.05) is 18.2 Å². The van der Waals surface area contributed by atoms with E-state index < -0.39 is 4.92 Å². The fourth-order valence-electron chi connectivity index (χ4n) is 2.32. The predicted molar refractivity (Wildman–Crippen MR) is 96.1 cm³/mol. The molecule has 0 saturated carbocycles. The normalized spacial score (nSPS) is 10.6. The van der Waals surface area contributed by atoms with E-state index in [0.29, 0.717) is 17.3 Å². The van der Waals surface area contributed by atoms with Crippen molar-refractivity contribution in [3.05, 3.63) is 63.2 Å². The summed E-state index contributed by atoms with van der Waals surface area (Å²) in [5.41, 5.74) is 1.04. The molecule has 2 aromatic rings. The third-order valence-electron chi connectivity index (χ3n) is 3.48. The number of amides is 1. The SMILES string of the molecule is COc1ccc([N+](=O)[O-])cc1NC(=O)CN(C)Cc1ccccc1Cl. The van der Waals surface area contributed by atoms with E-state index in [1.165, 1.54) is 25.3 Å². The van der Waals surface area contributed by atoms with Crippen molar-refractivity contribution >= 4 is 28.9 Å². The van der Waals surface area contributed by atoms with Gasteiger partial charge in [0.15, 0.2) is 0 Å². The Morgan fingerprint density at radius 3 is 2.68 bits per heavy atom. The maximum Gasteiger partial charge on any atom is 0.271 e. The van der Waals surface area contributed by atoms with E-state index >= 15 is 0 Å². The Morgan fingerprint density at radius 2 is 2.04 bits per heavy atom. The number of hydrogen-bond acceptors (Lipinski definition) is 5. The van der Waals surface area contributed by atoms with Crippen LogP contribution in [0.3, 0.4) is 0 Å². The number of benzene rings is 2. The molecular formula is C17H18ClN3O4. The predicted octanol–water partition coefficient (Wildman–Crippen LogP) is 3.33. The number of methoxy groups -OCH3 is 1. The van der Waals surface area contributed by atoms with Crippen LogP contribution in [0.4, 0.5) is 11.4 Å². The summed E-state index contributed by atoms with van der Waals surface area (Å²) >= 11 is 6.11. The maximum atomic E-state index is 12.2. The zero-order valence-corrected chi connectivity index (χ0v) is 14.6. The molecule has 1 amide bonds. The van der Waals surface area contributed by atoms with E-state index in [9.17, 15) is 14.9 Å². The number of ether oxygens (including phenoxy) is 1. The van der Waals surface area contributed by atoms with E-state index in [0.717, 1.165) is 5.56 Å². The molecule has 0 aliphatic rings. The van der Waals surface area contributed by atoms with Crippen LogP contribution in [0.1, 0.15) is 5.56 Å². The average molecular weight is 364 g/mol. The fourth-order valence-corrected chi connectivity index (χ4v) is 2.51. The van der Waals surface area contributed by atoms with Gasteiger partial charge in [-0.25, -0.2) is 0 Å². The first-order chi connectivity index (χ1) is 11.9. The van der Waals surface area contributed by atoms with Crippen LogP contribution in [0.15, 0.2) is 42.5 Å². The van der Waals surface area contributed by atoms with Crippen LogP contribution in [0, 0.1) is 10.1 Å². The van der Waals surface area contributed by atoms with Crippen molar-refractivity contribution in [2.24, 2.45) is 0 Å². The summed E-state index contributed by atoms with van der Waals surface area (Å²) in [6.45, 7) is 0.593. The van der Waals surface area contributed by atoms with Crippen LogP contribution >= 0.6 is 11.6 Å². The van der Waals surface area contributed by atoms with Gasteiger partial charge in [-0.05, 0) is 24.7 Å².